The summed E-state index contributed by atoms with van der Waals surface area (Å²) >= 11 is 0. The zero-order valence-corrected chi connectivity index (χ0v) is 64.1. The van der Waals surface area contributed by atoms with Crippen LogP contribution in [-0.2, 0) is 65.4 Å². The van der Waals surface area contributed by atoms with Gasteiger partial charge in [-0.3, -0.25) is 37.3 Å². The number of aliphatic hydroxyl groups excluding tert-OH is 1. The summed E-state index contributed by atoms with van der Waals surface area (Å²) in [7, 11) is -9.93. The van der Waals surface area contributed by atoms with Crippen LogP contribution in [-0.4, -0.2) is 96.7 Å². The lowest BCUT2D eigenvalue weighted by molar-refractivity contribution is -0.161. The van der Waals surface area contributed by atoms with Crippen LogP contribution < -0.4 is 0 Å². The second-order valence-corrected chi connectivity index (χ2v) is 31.2. The van der Waals surface area contributed by atoms with E-state index in [0.29, 0.717) is 31.6 Å². The van der Waals surface area contributed by atoms with Crippen molar-refractivity contribution >= 4 is 39.5 Å². The van der Waals surface area contributed by atoms with Gasteiger partial charge in [0.25, 0.3) is 0 Å². The molecule has 0 radical (unpaired) electrons. The Hall–Kier alpha value is -2.46. The molecule has 566 valence electrons. The van der Waals surface area contributed by atoms with Crippen LogP contribution >= 0.6 is 15.6 Å². The van der Waals surface area contributed by atoms with Gasteiger partial charge >= 0.3 is 39.5 Å². The molecule has 0 fully saturated rings. The molecule has 0 saturated heterocycles. The first-order chi connectivity index (χ1) is 46.3. The number of esters is 4. The van der Waals surface area contributed by atoms with Crippen molar-refractivity contribution in [2.45, 2.75) is 388 Å². The third-order valence-corrected chi connectivity index (χ3v) is 19.5. The molecule has 0 saturated carbocycles. The van der Waals surface area contributed by atoms with E-state index in [4.69, 9.17) is 37.0 Å². The molecule has 0 aromatic rings. The summed E-state index contributed by atoms with van der Waals surface area (Å²) in [6, 6.07) is 0. The van der Waals surface area contributed by atoms with Crippen molar-refractivity contribution in [1.29, 1.82) is 0 Å². The normalized spacial score (nSPS) is 14.5. The molecule has 3 unspecified atom stereocenters. The van der Waals surface area contributed by atoms with E-state index in [9.17, 15) is 43.2 Å². The highest BCUT2D eigenvalue weighted by atomic mass is 31.2. The van der Waals surface area contributed by atoms with Gasteiger partial charge in [0.05, 0.1) is 26.4 Å². The van der Waals surface area contributed by atoms with Crippen molar-refractivity contribution in [3.05, 3.63) is 24.3 Å². The Labute approximate surface area is 586 Å². The molecule has 19 heteroatoms. The van der Waals surface area contributed by atoms with Crippen LogP contribution in [0.1, 0.15) is 370 Å². The average Bonchev–Trinajstić information content (AvgIpc) is 1.68. The van der Waals surface area contributed by atoms with Crippen LogP contribution in [0.15, 0.2) is 24.3 Å². The molecule has 3 N–H and O–H groups in total. The average molecular weight is 1410 g/mol. The molecule has 0 rings (SSSR count). The molecular weight excluding hydrogens is 1260 g/mol. The molecule has 0 aliphatic rings. The maximum absolute atomic E-state index is 13.1. The third-order valence-electron chi connectivity index (χ3n) is 17.6. The lowest BCUT2D eigenvalue weighted by atomic mass is 9.99. The summed E-state index contributed by atoms with van der Waals surface area (Å²) in [4.78, 5) is 72.8. The van der Waals surface area contributed by atoms with E-state index in [2.05, 4.69) is 72.8 Å². The maximum atomic E-state index is 13.1. The highest BCUT2D eigenvalue weighted by molar-refractivity contribution is 7.47. The van der Waals surface area contributed by atoms with Crippen LogP contribution in [0.3, 0.4) is 0 Å². The fraction of sp³-hybridized carbons (Fsp3) is 0.896. The van der Waals surface area contributed by atoms with Gasteiger partial charge in [-0.25, -0.2) is 9.13 Å². The zero-order valence-electron chi connectivity index (χ0n) is 62.3. The highest BCUT2D eigenvalue weighted by Crippen LogP contribution is 2.45. The number of allylic oxidation sites excluding steroid dienone is 4. The van der Waals surface area contributed by atoms with Gasteiger partial charge in [0, 0.05) is 25.7 Å². The Balaban J connectivity index is 5.26. The van der Waals surface area contributed by atoms with Gasteiger partial charge in [-0.1, -0.05) is 317 Å². The van der Waals surface area contributed by atoms with Crippen LogP contribution in [0.4, 0.5) is 0 Å². The summed E-state index contributed by atoms with van der Waals surface area (Å²) in [6.07, 6.45) is 56.4. The summed E-state index contributed by atoms with van der Waals surface area (Å²) in [5.74, 6) is 0.133. The number of carbonyl (C=O) groups is 4. The monoisotopic (exact) mass is 1410 g/mol. The summed E-state index contributed by atoms with van der Waals surface area (Å²) in [5, 5.41) is 10.6. The largest absolute Gasteiger partial charge is 0.472 e. The first-order valence-electron chi connectivity index (χ1n) is 39.2. The minimum atomic E-state index is -4.96. The van der Waals surface area contributed by atoms with E-state index in [0.717, 1.165) is 121 Å². The fourth-order valence-corrected chi connectivity index (χ4v) is 12.8. The summed E-state index contributed by atoms with van der Waals surface area (Å²) < 4.78 is 68.5. The molecule has 0 aromatic carbocycles. The first-order valence-corrected chi connectivity index (χ1v) is 42.2. The smallest absolute Gasteiger partial charge is 0.462 e. The fourth-order valence-electron chi connectivity index (χ4n) is 11.2. The van der Waals surface area contributed by atoms with Crippen molar-refractivity contribution in [3.63, 3.8) is 0 Å². The topological polar surface area (TPSA) is 237 Å². The number of hydrogen-bond donors (Lipinski definition) is 3. The molecule has 0 spiro atoms. The number of aliphatic hydroxyl groups is 1. The van der Waals surface area contributed by atoms with Crippen molar-refractivity contribution in [2.75, 3.05) is 39.6 Å². The molecular formula is C77H146O17P2. The summed E-state index contributed by atoms with van der Waals surface area (Å²) in [5.41, 5.74) is 0. The Bertz CT molecular complexity index is 1970. The molecule has 0 bridgehead atoms. The van der Waals surface area contributed by atoms with Crippen LogP contribution in [0.2, 0.25) is 0 Å². The van der Waals surface area contributed by atoms with Gasteiger partial charge in [-0.15, -0.1) is 0 Å². The van der Waals surface area contributed by atoms with Gasteiger partial charge in [0.2, 0.25) is 0 Å². The van der Waals surface area contributed by atoms with Crippen LogP contribution in [0.5, 0.6) is 0 Å². The molecule has 0 aromatic heterocycles. The lowest BCUT2D eigenvalue weighted by Crippen LogP contribution is -2.30. The Morgan fingerprint density at radius 2 is 0.615 bits per heavy atom. The number of phosphoric acid groups is 2. The number of phosphoric ester groups is 2. The SMILES string of the molecule is CCCCCC/C=C\C=C/CCCCCCCC(=O)O[C@H](COC(=O)CCCCCCCCC(C)C)COP(=O)(O)OC[C@H](O)COP(=O)(O)OC[C@@H](COC(=O)CCCCCCCCCCCCCCCCCC(C)C)OC(=O)CCCCCCCCCCCCC(C)CC. The standard InChI is InChI=1S/C77H146O17P2/c1-8-10-11-12-13-14-15-16-18-23-26-32-37-46-53-60-76(81)94-73(65-88-75(80)59-52-45-40-39-42-49-56-69(5)6)67-92-96(85,86)90-63-71(78)62-89-95(83,84)91-66-72(93-77(82)61-54-47-38-33-28-27-30-35-43-50-57-70(7)9-2)64-87-74(79)58-51-44-36-31-25-22-20-17-19-21-24-29-34-41-48-55-68(3)4/h14-16,18,68-73,78H,8-13,17,19-67H2,1-7H3,(H,83,84)(H,85,86)/b15-14-,18-16-/t70?,71-,72-,73-/m1/s1. The van der Waals surface area contributed by atoms with Crippen molar-refractivity contribution in [3.8, 4) is 0 Å². The van der Waals surface area contributed by atoms with E-state index in [1.807, 2.05) is 0 Å². The molecule has 96 heavy (non-hydrogen) atoms. The first kappa shape index (κ1) is 93.5. The van der Waals surface area contributed by atoms with Gasteiger partial charge in [0.1, 0.15) is 19.3 Å². The summed E-state index contributed by atoms with van der Waals surface area (Å²) in [6.45, 7) is 11.8. The maximum Gasteiger partial charge on any atom is 0.472 e. The van der Waals surface area contributed by atoms with E-state index in [1.54, 1.807) is 0 Å². The molecule has 0 heterocycles. The number of rotatable bonds is 73. The Morgan fingerprint density at radius 1 is 0.344 bits per heavy atom. The Morgan fingerprint density at radius 3 is 0.927 bits per heavy atom. The predicted molar refractivity (Wildman–Crippen MR) is 390 cm³/mol. The van der Waals surface area contributed by atoms with Crippen molar-refractivity contribution < 1.29 is 80.2 Å². The van der Waals surface area contributed by atoms with Crippen molar-refractivity contribution in [2.24, 2.45) is 17.8 Å². The predicted octanol–water partition coefficient (Wildman–Crippen LogP) is 22.1. The lowest BCUT2D eigenvalue weighted by Gasteiger charge is -2.21. The van der Waals surface area contributed by atoms with E-state index in [-0.39, 0.29) is 25.7 Å². The van der Waals surface area contributed by atoms with Gasteiger partial charge in [-0.2, -0.15) is 0 Å². The molecule has 6 atom stereocenters. The second kappa shape index (κ2) is 67.1. The number of carbonyl (C=O) groups excluding carboxylic acids is 4. The number of ether oxygens (including phenoxy) is 4. The minimum absolute atomic E-state index is 0.0837. The van der Waals surface area contributed by atoms with E-state index in [1.165, 1.54) is 161 Å². The highest BCUT2D eigenvalue weighted by Gasteiger charge is 2.30. The second-order valence-electron chi connectivity index (χ2n) is 28.3. The van der Waals surface area contributed by atoms with Crippen LogP contribution in [0.25, 0.3) is 0 Å². The number of hydrogen-bond acceptors (Lipinski definition) is 15. The molecule has 0 aliphatic heterocycles. The zero-order chi connectivity index (χ0) is 70.9. The van der Waals surface area contributed by atoms with E-state index >= 15 is 0 Å². The minimum Gasteiger partial charge on any atom is -0.462 e. The molecule has 0 amide bonds. The van der Waals surface area contributed by atoms with Crippen LogP contribution in [0, 0.1) is 17.8 Å². The molecule has 17 nitrogen and oxygen atoms in total. The van der Waals surface area contributed by atoms with Crippen molar-refractivity contribution in [1.82, 2.24) is 0 Å². The molecule has 0 aliphatic carbocycles. The van der Waals surface area contributed by atoms with Gasteiger partial charge in [-0.05, 0) is 69.1 Å². The Kier molecular flexibility index (Phi) is 65.3. The third kappa shape index (κ3) is 68.7. The van der Waals surface area contributed by atoms with E-state index < -0.39 is 97.5 Å². The van der Waals surface area contributed by atoms with Gasteiger partial charge in [0.15, 0.2) is 12.2 Å². The number of unbranched alkanes of at least 4 members (excludes halogenated alkanes) is 37. The van der Waals surface area contributed by atoms with Gasteiger partial charge < -0.3 is 33.8 Å². The quantitative estimate of drug-likeness (QED) is 0.0169.